The fourth-order valence-electron chi connectivity index (χ4n) is 3.40. The van der Waals surface area contributed by atoms with Gasteiger partial charge in [0.05, 0.1) is 0 Å². The van der Waals surface area contributed by atoms with Gasteiger partial charge in [-0.2, -0.15) is 0 Å². The highest BCUT2D eigenvalue weighted by atomic mass is 35.5. The van der Waals surface area contributed by atoms with Crippen LogP contribution in [0, 0.1) is 11.8 Å². The maximum absolute atomic E-state index is 3.53. The molecule has 0 radical (unpaired) electrons. The van der Waals surface area contributed by atoms with Crippen LogP contribution in [0.2, 0.25) is 0 Å². The molecule has 4 heteroatoms. The van der Waals surface area contributed by atoms with E-state index in [1.165, 1.54) is 84.5 Å². The number of rotatable bonds is 5. The largest absolute Gasteiger partial charge is 0.316 e. The summed E-state index contributed by atoms with van der Waals surface area (Å²) >= 11 is 0. The number of piperidine rings is 1. The molecule has 1 aliphatic carbocycles. The topological polar surface area (TPSA) is 18.5 Å². The molecule has 2 heterocycles. The van der Waals surface area contributed by atoms with Gasteiger partial charge >= 0.3 is 0 Å². The van der Waals surface area contributed by atoms with Gasteiger partial charge in [-0.1, -0.05) is 0 Å². The quantitative estimate of drug-likeness (QED) is 0.832. The predicted octanol–water partition coefficient (Wildman–Crippen LogP) is 1.83. The summed E-state index contributed by atoms with van der Waals surface area (Å²) < 4.78 is 0. The first-order valence-corrected chi connectivity index (χ1v) is 8.05. The normalized spacial score (nSPS) is 30.0. The number of piperazine rings is 1. The summed E-state index contributed by atoms with van der Waals surface area (Å²) in [6.45, 7) is 10.5. The predicted molar refractivity (Wildman–Crippen MR) is 83.1 cm³/mol. The highest BCUT2D eigenvalue weighted by Gasteiger charge is 2.26. The van der Waals surface area contributed by atoms with Crippen LogP contribution >= 0.6 is 12.4 Å². The van der Waals surface area contributed by atoms with E-state index in [9.17, 15) is 0 Å². The standard InChI is InChI=1S/C15H29N3.ClH/c1-2-14(12-16-6-1)5-7-17-8-10-18(11-9-17)13-15-3-4-15;/h14-16H,1-13H2;1H. The van der Waals surface area contributed by atoms with Crippen LogP contribution < -0.4 is 5.32 Å². The van der Waals surface area contributed by atoms with Crippen molar-refractivity contribution in [2.45, 2.75) is 32.1 Å². The molecule has 3 rings (SSSR count). The second kappa shape index (κ2) is 7.82. The Morgan fingerprint density at radius 1 is 0.895 bits per heavy atom. The molecule has 0 aromatic heterocycles. The maximum Gasteiger partial charge on any atom is 0.0110 e. The molecule has 3 fully saturated rings. The van der Waals surface area contributed by atoms with E-state index in [0.29, 0.717) is 0 Å². The van der Waals surface area contributed by atoms with Gasteiger partial charge in [-0.25, -0.2) is 0 Å². The summed E-state index contributed by atoms with van der Waals surface area (Å²) in [6.07, 6.45) is 7.24. The van der Waals surface area contributed by atoms with Crippen molar-refractivity contribution in [3.63, 3.8) is 0 Å². The van der Waals surface area contributed by atoms with Crippen molar-refractivity contribution in [1.29, 1.82) is 0 Å². The molecular weight excluding hydrogens is 258 g/mol. The van der Waals surface area contributed by atoms with Gasteiger partial charge in [0.1, 0.15) is 0 Å². The van der Waals surface area contributed by atoms with Crippen LogP contribution in [-0.4, -0.2) is 62.2 Å². The zero-order valence-corrected chi connectivity index (χ0v) is 13.0. The molecule has 112 valence electrons. The van der Waals surface area contributed by atoms with E-state index in [1.54, 1.807) is 0 Å². The first-order valence-electron chi connectivity index (χ1n) is 8.05. The van der Waals surface area contributed by atoms with Crippen LogP contribution in [0.5, 0.6) is 0 Å². The van der Waals surface area contributed by atoms with Crippen molar-refractivity contribution in [2.75, 3.05) is 52.4 Å². The van der Waals surface area contributed by atoms with E-state index >= 15 is 0 Å². The van der Waals surface area contributed by atoms with Gasteiger partial charge in [0.15, 0.2) is 0 Å². The van der Waals surface area contributed by atoms with Crippen LogP contribution in [-0.2, 0) is 0 Å². The minimum Gasteiger partial charge on any atom is -0.316 e. The van der Waals surface area contributed by atoms with Gasteiger partial charge < -0.3 is 15.1 Å². The Labute approximate surface area is 124 Å². The molecule has 1 saturated carbocycles. The Kier molecular flexibility index (Phi) is 6.40. The number of halogens is 1. The minimum atomic E-state index is 0. The fraction of sp³-hybridized carbons (Fsp3) is 1.00. The first kappa shape index (κ1) is 15.6. The summed E-state index contributed by atoms with van der Waals surface area (Å²) in [7, 11) is 0. The molecule has 2 aliphatic heterocycles. The molecule has 0 spiro atoms. The van der Waals surface area contributed by atoms with Crippen molar-refractivity contribution in [2.24, 2.45) is 11.8 Å². The van der Waals surface area contributed by atoms with Crippen LogP contribution in [0.4, 0.5) is 0 Å². The Balaban J connectivity index is 0.00000133. The van der Waals surface area contributed by atoms with E-state index < -0.39 is 0 Å². The second-order valence-corrected chi connectivity index (χ2v) is 6.59. The first-order chi connectivity index (χ1) is 8.90. The SMILES string of the molecule is C1CNCC(CCN2CCN(CC3CC3)CC2)C1.Cl. The summed E-state index contributed by atoms with van der Waals surface area (Å²) in [5.74, 6) is 2.01. The summed E-state index contributed by atoms with van der Waals surface area (Å²) in [5, 5.41) is 3.53. The maximum atomic E-state index is 3.53. The third-order valence-corrected chi connectivity index (χ3v) is 4.93. The van der Waals surface area contributed by atoms with Crippen molar-refractivity contribution in [3.05, 3.63) is 0 Å². The van der Waals surface area contributed by atoms with Crippen molar-refractivity contribution < 1.29 is 0 Å². The van der Waals surface area contributed by atoms with Crippen molar-refractivity contribution in [3.8, 4) is 0 Å². The van der Waals surface area contributed by atoms with E-state index in [4.69, 9.17) is 0 Å². The zero-order chi connectivity index (χ0) is 12.2. The lowest BCUT2D eigenvalue weighted by Gasteiger charge is -2.35. The number of nitrogens with zero attached hydrogens (tertiary/aromatic N) is 2. The second-order valence-electron chi connectivity index (χ2n) is 6.59. The van der Waals surface area contributed by atoms with Gasteiger partial charge in [-0.15, -0.1) is 12.4 Å². The molecule has 3 aliphatic rings. The zero-order valence-electron chi connectivity index (χ0n) is 12.1. The number of hydrogen-bond donors (Lipinski definition) is 1. The van der Waals surface area contributed by atoms with E-state index in [1.807, 2.05) is 0 Å². The molecule has 0 aromatic carbocycles. The minimum absolute atomic E-state index is 0. The average molecular weight is 288 g/mol. The lowest BCUT2D eigenvalue weighted by molar-refractivity contribution is 0.121. The third-order valence-electron chi connectivity index (χ3n) is 4.93. The van der Waals surface area contributed by atoms with Crippen molar-refractivity contribution >= 4 is 12.4 Å². The molecule has 0 bridgehead atoms. The molecule has 1 unspecified atom stereocenters. The molecular formula is C15H30ClN3. The Hall–Kier alpha value is 0.170. The highest BCUT2D eigenvalue weighted by molar-refractivity contribution is 5.85. The average Bonchev–Trinajstić information content (AvgIpc) is 3.23. The molecule has 2 saturated heterocycles. The summed E-state index contributed by atoms with van der Waals surface area (Å²) in [6, 6.07) is 0. The number of hydrogen-bond acceptors (Lipinski definition) is 3. The smallest absolute Gasteiger partial charge is 0.0110 e. The third kappa shape index (κ3) is 5.22. The van der Waals surface area contributed by atoms with Gasteiger partial charge in [-0.3, -0.25) is 0 Å². The number of nitrogens with one attached hydrogen (secondary N) is 1. The van der Waals surface area contributed by atoms with Crippen LogP contribution in [0.1, 0.15) is 32.1 Å². The summed E-state index contributed by atoms with van der Waals surface area (Å²) in [5.41, 5.74) is 0. The van der Waals surface area contributed by atoms with E-state index in [2.05, 4.69) is 15.1 Å². The molecule has 1 atom stereocenters. The molecule has 19 heavy (non-hydrogen) atoms. The molecule has 3 nitrogen and oxygen atoms in total. The lowest BCUT2D eigenvalue weighted by atomic mass is 9.96. The molecule has 0 aromatic rings. The molecule has 1 N–H and O–H groups in total. The van der Waals surface area contributed by atoms with Crippen LogP contribution in [0.15, 0.2) is 0 Å². The summed E-state index contributed by atoms with van der Waals surface area (Å²) in [4.78, 5) is 5.38. The monoisotopic (exact) mass is 287 g/mol. The van der Waals surface area contributed by atoms with Gasteiger partial charge in [-0.05, 0) is 63.6 Å². The van der Waals surface area contributed by atoms with E-state index in [0.717, 1.165) is 11.8 Å². The Bertz CT molecular complexity index is 244. The van der Waals surface area contributed by atoms with E-state index in [-0.39, 0.29) is 12.4 Å². The molecule has 0 amide bonds. The fourth-order valence-corrected chi connectivity index (χ4v) is 3.40. The van der Waals surface area contributed by atoms with Crippen LogP contribution in [0.25, 0.3) is 0 Å². The highest BCUT2D eigenvalue weighted by Crippen LogP contribution is 2.29. The van der Waals surface area contributed by atoms with Gasteiger partial charge in [0, 0.05) is 32.7 Å². The Morgan fingerprint density at radius 3 is 2.26 bits per heavy atom. The Morgan fingerprint density at radius 2 is 1.63 bits per heavy atom. The van der Waals surface area contributed by atoms with Gasteiger partial charge in [0.25, 0.3) is 0 Å². The lowest BCUT2D eigenvalue weighted by Crippen LogP contribution is -2.47. The van der Waals surface area contributed by atoms with Crippen LogP contribution in [0.3, 0.4) is 0 Å². The van der Waals surface area contributed by atoms with Crippen molar-refractivity contribution in [1.82, 2.24) is 15.1 Å². The van der Waals surface area contributed by atoms with Gasteiger partial charge in [0.2, 0.25) is 0 Å².